The van der Waals surface area contributed by atoms with E-state index >= 15 is 0 Å². The van der Waals surface area contributed by atoms with Crippen LogP contribution in [0.25, 0.3) is 11.3 Å². The molecule has 2 N–H and O–H groups in total. The van der Waals surface area contributed by atoms with Crippen molar-refractivity contribution in [1.82, 2.24) is 20.3 Å². The Hall–Kier alpha value is -4.59. The Morgan fingerprint density at radius 2 is 1.73 bits per heavy atom. The number of aromatic nitrogens is 3. The van der Waals surface area contributed by atoms with Crippen LogP contribution in [0.5, 0.6) is 5.75 Å². The van der Waals surface area contributed by atoms with Crippen LogP contribution in [0.3, 0.4) is 0 Å². The van der Waals surface area contributed by atoms with Crippen molar-refractivity contribution in [3.63, 3.8) is 0 Å². The molecule has 1 atom stereocenters. The third-order valence-electron chi connectivity index (χ3n) is 6.99. The van der Waals surface area contributed by atoms with Crippen molar-refractivity contribution < 1.29 is 19.4 Å². The minimum atomic E-state index is -1.13. The van der Waals surface area contributed by atoms with Gasteiger partial charge in [0.25, 0.3) is 5.91 Å². The Balaban J connectivity index is 1.12. The number of rotatable bonds is 11. The zero-order chi connectivity index (χ0) is 27.7. The number of pyridine rings is 1. The monoisotopic (exact) mass is 536 g/mol. The largest absolute Gasteiger partial charge is 0.494 e. The molecular formula is C32H32N4O4. The van der Waals surface area contributed by atoms with Gasteiger partial charge in [0.15, 0.2) is 0 Å². The molecular weight excluding hydrogens is 504 g/mol. The Morgan fingerprint density at radius 1 is 0.925 bits per heavy atom. The molecule has 2 aromatic carbocycles. The molecule has 4 aromatic rings. The van der Waals surface area contributed by atoms with Crippen LogP contribution < -0.4 is 10.1 Å². The number of fused-ring (bicyclic) bond motifs is 1. The minimum absolute atomic E-state index is 0.0574. The van der Waals surface area contributed by atoms with Gasteiger partial charge in [0, 0.05) is 23.4 Å². The molecule has 1 amide bonds. The predicted molar refractivity (Wildman–Crippen MR) is 151 cm³/mol. The van der Waals surface area contributed by atoms with Gasteiger partial charge in [-0.3, -0.25) is 14.8 Å². The summed E-state index contributed by atoms with van der Waals surface area (Å²) >= 11 is 0. The Labute approximate surface area is 233 Å². The number of benzene rings is 2. The number of carbonyl (C=O) groups is 2. The lowest BCUT2D eigenvalue weighted by Crippen LogP contribution is -2.42. The molecule has 0 saturated carbocycles. The van der Waals surface area contributed by atoms with Crippen LogP contribution in [0.4, 0.5) is 0 Å². The van der Waals surface area contributed by atoms with Gasteiger partial charge in [-0.1, -0.05) is 48.5 Å². The van der Waals surface area contributed by atoms with Gasteiger partial charge in [0.2, 0.25) is 0 Å². The van der Waals surface area contributed by atoms with Gasteiger partial charge >= 0.3 is 5.97 Å². The van der Waals surface area contributed by atoms with Gasteiger partial charge in [0.1, 0.15) is 17.5 Å². The van der Waals surface area contributed by atoms with Gasteiger partial charge < -0.3 is 15.2 Å². The average Bonchev–Trinajstić information content (AvgIpc) is 3.00. The molecule has 1 unspecified atom stereocenters. The minimum Gasteiger partial charge on any atom is -0.494 e. The molecule has 8 nitrogen and oxygen atoms in total. The molecule has 0 radical (unpaired) electrons. The van der Waals surface area contributed by atoms with Gasteiger partial charge in [-0.2, -0.15) is 0 Å². The normalized spacial score (nSPS) is 13.2. The van der Waals surface area contributed by atoms with Crippen LogP contribution in [-0.2, 0) is 30.5 Å². The molecule has 40 heavy (non-hydrogen) atoms. The first kappa shape index (κ1) is 27.0. The molecule has 204 valence electrons. The zero-order valence-corrected chi connectivity index (χ0v) is 22.3. The summed E-state index contributed by atoms with van der Waals surface area (Å²) in [5, 5.41) is 12.3. The molecule has 1 aliphatic rings. The number of amides is 1. The first-order valence-electron chi connectivity index (χ1n) is 13.7. The summed E-state index contributed by atoms with van der Waals surface area (Å²) in [7, 11) is 0. The van der Waals surface area contributed by atoms with Crippen molar-refractivity contribution in [3.8, 4) is 17.0 Å². The first-order valence-corrected chi connectivity index (χ1v) is 13.7. The van der Waals surface area contributed by atoms with Crippen LogP contribution in [0.2, 0.25) is 0 Å². The van der Waals surface area contributed by atoms with E-state index in [4.69, 9.17) is 9.72 Å². The van der Waals surface area contributed by atoms with E-state index in [1.165, 1.54) is 30.3 Å². The summed E-state index contributed by atoms with van der Waals surface area (Å²) in [6.45, 7) is 0.564. The maximum atomic E-state index is 12.8. The number of ether oxygens (including phenoxy) is 1. The lowest BCUT2D eigenvalue weighted by molar-refractivity contribution is -0.139. The summed E-state index contributed by atoms with van der Waals surface area (Å²) in [4.78, 5) is 38.0. The number of nitrogens with one attached hydrogen (secondary N) is 1. The first-order chi connectivity index (χ1) is 19.5. The molecule has 1 aliphatic carbocycles. The van der Waals surface area contributed by atoms with E-state index in [0.717, 1.165) is 42.5 Å². The van der Waals surface area contributed by atoms with Crippen LogP contribution in [0.1, 0.15) is 52.3 Å². The molecule has 0 fully saturated rings. The quantitative estimate of drug-likeness (QED) is 0.263. The van der Waals surface area contributed by atoms with E-state index in [0.29, 0.717) is 18.1 Å². The molecule has 5 rings (SSSR count). The fraction of sp³-hybridized carbons (Fsp3) is 0.281. The lowest BCUT2D eigenvalue weighted by Gasteiger charge is -2.15. The van der Waals surface area contributed by atoms with Crippen molar-refractivity contribution in [2.45, 2.75) is 51.0 Å². The van der Waals surface area contributed by atoms with Crippen LogP contribution in [0.15, 0.2) is 79.1 Å². The molecule has 0 spiro atoms. The molecule has 0 aliphatic heterocycles. The highest BCUT2D eigenvalue weighted by Gasteiger charge is 2.22. The number of hydrogen-bond acceptors (Lipinski definition) is 6. The lowest BCUT2D eigenvalue weighted by atomic mass is 9.95. The highest BCUT2D eigenvalue weighted by molar-refractivity contribution is 5.95. The molecule has 0 bridgehead atoms. The predicted octanol–water partition coefficient (Wildman–Crippen LogP) is 4.85. The van der Waals surface area contributed by atoms with Crippen LogP contribution in [0, 0.1) is 0 Å². The summed E-state index contributed by atoms with van der Waals surface area (Å²) in [6, 6.07) is 19.9. The molecule has 8 heteroatoms. The number of carboxylic acid groups (broad SMARTS) is 1. The maximum Gasteiger partial charge on any atom is 0.326 e. The number of aliphatic carboxylic acids is 1. The maximum absolute atomic E-state index is 12.8. The van der Waals surface area contributed by atoms with Crippen LogP contribution in [-0.4, -0.2) is 44.6 Å². The fourth-order valence-corrected chi connectivity index (χ4v) is 4.82. The number of carboxylic acids is 1. The second kappa shape index (κ2) is 13.0. The SMILES string of the molecule is O=C(NC(Cc1ccc(OCCCc2ccc3c(n2)CCCC3)cc1)C(=O)O)c1cncc(-c2ccccc2)n1. The summed E-state index contributed by atoms with van der Waals surface area (Å²) in [6.07, 6.45) is 9.43. The third-order valence-corrected chi connectivity index (χ3v) is 6.99. The van der Waals surface area contributed by atoms with Crippen molar-refractivity contribution in [2.75, 3.05) is 6.61 Å². The van der Waals surface area contributed by atoms with E-state index in [-0.39, 0.29) is 12.1 Å². The smallest absolute Gasteiger partial charge is 0.326 e. The topological polar surface area (TPSA) is 114 Å². The second-order valence-corrected chi connectivity index (χ2v) is 9.94. The number of aryl methyl sites for hydroxylation is 3. The Bertz CT molecular complexity index is 1460. The summed E-state index contributed by atoms with van der Waals surface area (Å²) in [5.74, 6) is -1.01. The van der Waals surface area contributed by atoms with E-state index in [9.17, 15) is 14.7 Å². The highest BCUT2D eigenvalue weighted by Crippen LogP contribution is 2.20. The second-order valence-electron chi connectivity index (χ2n) is 9.94. The van der Waals surface area contributed by atoms with Crippen LogP contribution >= 0.6 is 0 Å². The number of hydrogen-bond donors (Lipinski definition) is 2. The number of nitrogens with zero attached hydrogens (tertiary/aromatic N) is 3. The molecule has 2 aromatic heterocycles. The Morgan fingerprint density at radius 3 is 2.52 bits per heavy atom. The Kier molecular flexibility index (Phi) is 8.76. The van der Waals surface area contributed by atoms with E-state index in [1.54, 1.807) is 6.20 Å². The van der Waals surface area contributed by atoms with Gasteiger partial charge in [-0.05, 0) is 67.9 Å². The molecule has 2 heterocycles. The van der Waals surface area contributed by atoms with E-state index in [1.807, 2.05) is 54.6 Å². The highest BCUT2D eigenvalue weighted by atomic mass is 16.5. The summed E-state index contributed by atoms with van der Waals surface area (Å²) in [5.41, 5.74) is 5.93. The van der Waals surface area contributed by atoms with Crippen molar-refractivity contribution in [2.24, 2.45) is 0 Å². The third kappa shape index (κ3) is 7.08. The van der Waals surface area contributed by atoms with E-state index < -0.39 is 17.9 Å². The summed E-state index contributed by atoms with van der Waals surface area (Å²) < 4.78 is 5.89. The average molecular weight is 537 g/mol. The van der Waals surface area contributed by atoms with Gasteiger partial charge in [0.05, 0.1) is 24.7 Å². The van der Waals surface area contributed by atoms with E-state index in [2.05, 4.69) is 27.4 Å². The van der Waals surface area contributed by atoms with Crippen molar-refractivity contribution in [3.05, 3.63) is 107 Å². The standard InChI is InChI=1S/C32H32N4O4/c37-31(30-21-33-20-29(35-30)23-7-2-1-3-8-23)36-28(32(38)39)19-22-12-16-26(17-13-22)40-18-6-10-25-15-14-24-9-4-5-11-27(24)34-25/h1-3,7-8,12-17,20-21,28H,4-6,9-11,18-19H2,(H,36,37)(H,38,39). The zero-order valence-electron chi connectivity index (χ0n) is 22.3. The van der Waals surface area contributed by atoms with Crippen molar-refractivity contribution >= 4 is 11.9 Å². The van der Waals surface area contributed by atoms with Crippen molar-refractivity contribution in [1.29, 1.82) is 0 Å². The molecule has 0 saturated heterocycles. The van der Waals surface area contributed by atoms with Gasteiger partial charge in [-0.15, -0.1) is 0 Å². The number of carbonyl (C=O) groups excluding carboxylic acids is 1. The van der Waals surface area contributed by atoms with Gasteiger partial charge in [-0.25, -0.2) is 9.78 Å². The fourth-order valence-electron chi connectivity index (χ4n) is 4.82.